The first-order valence-electron chi connectivity index (χ1n) is 5.35. The maximum absolute atomic E-state index is 12.0. The van der Waals surface area contributed by atoms with Gasteiger partial charge in [0.2, 0.25) is 0 Å². The van der Waals surface area contributed by atoms with Crippen molar-refractivity contribution in [2.75, 3.05) is 0 Å². The van der Waals surface area contributed by atoms with Gasteiger partial charge in [0.15, 0.2) is 0 Å². The molecule has 1 N–H and O–H groups in total. The van der Waals surface area contributed by atoms with Crippen LogP contribution in [0.15, 0.2) is 50.3 Å². The van der Waals surface area contributed by atoms with E-state index in [1.165, 1.54) is 10.6 Å². The topological polar surface area (TPSA) is 59.3 Å². The van der Waals surface area contributed by atoms with Crippen LogP contribution in [0.4, 0.5) is 0 Å². The van der Waals surface area contributed by atoms with E-state index in [2.05, 4.69) is 31.9 Å². The fourth-order valence-corrected chi connectivity index (χ4v) is 2.99. The second-order valence-corrected chi connectivity index (χ2v) is 5.67. The minimum absolute atomic E-state index is 0.200. The Kier molecular flexibility index (Phi) is 4.21. The Balaban J connectivity index is 2.48. The monoisotopic (exact) mass is 385 g/mol. The first-order valence-corrected chi connectivity index (χ1v) is 6.94. The number of rotatable bonds is 3. The van der Waals surface area contributed by atoms with Crippen molar-refractivity contribution in [1.29, 1.82) is 0 Å². The Hall–Kier alpha value is -1.40. The third-order valence-electron chi connectivity index (χ3n) is 2.60. The summed E-state index contributed by atoms with van der Waals surface area (Å²) >= 11 is 6.48. The molecule has 0 saturated carbocycles. The molecule has 0 fully saturated rings. The Morgan fingerprint density at radius 1 is 1.26 bits per heavy atom. The second-order valence-electron chi connectivity index (χ2n) is 3.90. The quantitative estimate of drug-likeness (QED) is 0.881. The number of benzene rings is 1. The molecule has 0 aliphatic heterocycles. The zero-order valence-electron chi connectivity index (χ0n) is 9.64. The van der Waals surface area contributed by atoms with Gasteiger partial charge >= 0.3 is 5.97 Å². The largest absolute Gasteiger partial charge is 0.478 e. The van der Waals surface area contributed by atoms with Crippen molar-refractivity contribution in [3.05, 3.63) is 67.0 Å². The summed E-state index contributed by atoms with van der Waals surface area (Å²) in [6.07, 6.45) is 1.63. The summed E-state index contributed by atoms with van der Waals surface area (Å²) < 4.78 is 2.62. The predicted octanol–water partition coefficient (Wildman–Crippen LogP) is 3.12. The summed E-state index contributed by atoms with van der Waals surface area (Å²) in [6.45, 7) is 0.208. The molecule has 6 heteroatoms. The highest BCUT2D eigenvalue weighted by atomic mass is 79.9. The number of carbonyl (C=O) groups is 1. The number of carboxylic acids is 1. The lowest BCUT2D eigenvalue weighted by Gasteiger charge is -2.09. The highest BCUT2D eigenvalue weighted by Crippen LogP contribution is 2.15. The molecule has 1 aromatic carbocycles. The maximum Gasteiger partial charge on any atom is 0.336 e. The molecule has 0 unspecified atom stereocenters. The van der Waals surface area contributed by atoms with E-state index in [4.69, 9.17) is 5.11 Å². The number of halogens is 2. The zero-order chi connectivity index (χ0) is 14.0. The molecule has 2 rings (SSSR count). The van der Waals surface area contributed by atoms with E-state index in [9.17, 15) is 9.59 Å². The van der Waals surface area contributed by atoms with Crippen molar-refractivity contribution in [1.82, 2.24) is 4.57 Å². The first-order chi connectivity index (χ1) is 8.99. The van der Waals surface area contributed by atoms with Gasteiger partial charge in [-0.25, -0.2) is 4.79 Å². The van der Waals surface area contributed by atoms with Gasteiger partial charge in [0.1, 0.15) is 0 Å². The van der Waals surface area contributed by atoms with Crippen LogP contribution in [0, 0.1) is 0 Å². The van der Waals surface area contributed by atoms with Crippen LogP contribution in [0.5, 0.6) is 0 Å². The van der Waals surface area contributed by atoms with E-state index in [0.29, 0.717) is 10.0 Å². The maximum atomic E-state index is 12.0. The van der Waals surface area contributed by atoms with Gasteiger partial charge in [0.05, 0.1) is 16.6 Å². The van der Waals surface area contributed by atoms with Gasteiger partial charge in [0.25, 0.3) is 5.56 Å². The van der Waals surface area contributed by atoms with Gasteiger partial charge < -0.3 is 9.67 Å². The van der Waals surface area contributed by atoms with Gasteiger partial charge in [-0.05, 0) is 49.6 Å². The van der Waals surface area contributed by atoms with E-state index in [1.54, 1.807) is 30.5 Å². The smallest absolute Gasteiger partial charge is 0.336 e. The summed E-state index contributed by atoms with van der Waals surface area (Å²) in [7, 11) is 0. The lowest BCUT2D eigenvalue weighted by molar-refractivity contribution is 0.0695. The molecule has 0 aliphatic carbocycles. The minimum atomic E-state index is -1.00. The second kappa shape index (κ2) is 5.71. The van der Waals surface area contributed by atoms with E-state index in [-0.39, 0.29) is 17.7 Å². The lowest BCUT2D eigenvalue weighted by Crippen LogP contribution is -2.21. The summed E-state index contributed by atoms with van der Waals surface area (Å²) in [4.78, 5) is 23.1. The van der Waals surface area contributed by atoms with Crippen LogP contribution in [0.1, 0.15) is 15.9 Å². The first kappa shape index (κ1) is 14.0. The lowest BCUT2D eigenvalue weighted by atomic mass is 10.1. The zero-order valence-corrected chi connectivity index (χ0v) is 12.8. The highest BCUT2D eigenvalue weighted by molar-refractivity contribution is 9.11. The molecule has 0 atom stereocenters. The van der Waals surface area contributed by atoms with Crippen molar-refractivity contribution in [3.8, 4) is 0 Å². The van der Waals surface area contributed by atoms with Crippen LogP contribution in [-0.2, 0) is 6.54 Å². The van der Waals surface area contributed by atoms with Crippen molar-refractivity contribution >= 4 is 37.8 Å². The fraction of sp³-hybridized carbons (Fsp3) is 0.0769. The Labute approximate surface area is 126 Å². The fourth-order valence-electron chi connectivity index (χ4n) is 1.73. The number of hydrogen-bond donors (Lipinski definition) is 1. The van der Waals surface area contributed by atoms with Crippen LogP contribution in [-0.4, -0.2) is 15.6 Å². The number of pyridine rings is 1. The third kappa shape index (κ3) is 3.13. The molecule has 4 nitrogen and oxygen atoms in total. The average molecular weight is 387 g/mol. The van der Waals surface area contributed by atoms with Gasteiger partial charge in [0, 0.05) is 10.7 Å². The summed E-state index contributed by atoms with van der Waals surface area (Å²) in [5, 5.41) is 9.12. The van der Waals surface area contributed by atoms with Gasteiger partial charge in [-0.2, -0.15) is 0 Å². The molecule has 0 saturated heterocycles. The average Bonchev–Trinajstić information content (AvgIpc) is 2.35. The molecule has 0 radical (unpaired) electrons. The number of aromatic nitrogens is 1. The Morgan fingerprint density at radius 2 is 1.95 bits per heavy atom. The predicted molar refractivity (Wildman–Crippen MR) is 78.6 cm³/mol. The van der Waals surface area contributed by atoms with Crippen molar-refractivity contribution in [3.63, 3.8) is 0 Å². The van der Waals surface area contributed by atoms with Crippen LogP contribution >= 0.6 is 31.9 Å². The number of nitrogens with zero attached hydrogens (tertiary/aromatic N) is 1. The molecular formula is C13H9Br2NO3. The molecule has 0 amide bonds. The van der Waals surface area contributed by atoms with Crippen LogP contribution in [0.25, 0.3) is 0 Å². The highest BCUT2D eigenvalue weighted by Gasteiger charge is 2.11. The van der Waals surface area contributed by atoms with Crippen LogP contribution in [0.3, 0.4) is 0 Å². The van der Waals surface area contributed by atoms with Crippen molar-refractivity contribution in [2.24, 2.45) is 0 Å². The molecule has 0 aliphatic rings. The molecular weight excluding hydrogens is 378 g/mol. The molecule has 98 valence electrons. The van der Waals surface area contributed by atoms with Crippen LogP contribution in [0.2, 0.25) is 0 Å². The van der Waals surface area contributed by atoms with Gasteiger partial charge in [-0.15, -0.1) is 0 Å². The van der Waals surface area contributed by atoms with E-state index in [1.807, 2.05) is 0 Å². The summed E-state index contributed by atoms with van der Waals surface area (Å²) in [5.74, 6) is -1.00. The molecule has 19 heavy (non-hydrogen) atoms. The van der Waals surface area contributed by atoms with Crippen LogP contribution < -0.4 is 5.56 Å². The molecule has 0 bridgehead atoms. The molecule has 1 aromatic heterocycles. The Morgan fingerprint density at radius 3 is 2.63 bits per heavy atom. The third-order valence-corrected chi connectivity index (χ3v) is 3.60. The van der Waals surface area contributed by atoms with E-state index < -0.39 is 5.97 Å². The molecule has 1 heterocycles. The molecule has 0 spiro atoms. The van der Waals surface area contributed by atoms with E-state index in [0.717, 1.165) is 4.47 Å². The van der Waals surface area contributed by atoms with Gasteiger partial charge in [-0.3, -0.25) is 4.79 Å². The number of hydrogen-bond acceptors (Lipinski definition) is 2. The molecule has 2 aromatic rings. The summed E-state index contributed by atoms with van der Waals surface area (Å²) in [5.41, 5.74) is 0.580. The van der Waals surface area contributed by atoms with Crippen molar-refractivity contribution in [2.45, 2.75) is 6.54 Å². The standard InChI is InChI=1S/C13H9Br2NO3/c14-9-5-11(15)12(17)16(7-9)6-8-3-1-2-4-10(8)13(18)19/h1-5,7H,6H2,(H,18,19). The Bertz CT molecular complexity index is 695. The SMILES string of the molecule is O=C(O)c1ccccc1Cn1cc(Br)cc(Br)c1=O. The number of aromatic carboxylic acids is 1. The minimum Gasteiger partial charge on any atom is -0.478 e. The summed E-state index contributed by atoms with van der Waals surface area (Å²) in [6, 6.07) is 8.29. The van der Waals surface area contributed by atoms with Crippen molar-refractivity contribution < 1.29 is 9.90 Å². The number of carboxylic acid groups (broad SMARTS) is 1. The van der Waals surface area contributed by atoms with E-state index >= 15 is 0 Å². The normalized spacial score (nSPS) is 10.4. The van der Waals surface area contributed by atoms with Gasteiger partial charge in [-0.1, -0.05) is 18.2 Å².